The summed E-state index contributed by atoms with van der Waals surface area (Å²) in [6.07, 6.45) is 0.539. The molecule has 0 aromatic heterocycles. The standard InChI is InChI=1S/C19H22OS/c1-13-5-7-18(8-6-13)21-12-17(20)11-19-15(3)9-14(2)10-16(19)4/h5-10H,11-12H2,1-4H3. The molecule has 0 unspecified atom stereocenters. The molecule has 0 fully saturated rings. The molecule has 2 rings (SSSR count). The van der Waals surface area contributed by atoms with Crippen LogP contribution in [0.15, 0.2) is 41.3 Å². The molecule has 2 heteroatoms. The van der Waals surface area contributed by atoms with Gasteiger partial charge in [0.05, 0.1) is 5.75 Å². The molecule has 0 heterocycles. The molecule has 21 heavy (non-hydrogen) atoms. The fraction of sp³-hybridized carbons (Fsp3) is 0.316. The Balaban J connectivity index is 1.97. The summed E-state index contributed by atoms with van der Waals surface area (Å²) in [6.45, 7) is 8.35. The molecule has 110 valence electrons. The van der Waals surface area contributed by atoms with E-state index in [1.54, 1.807) is 11.8 Å². The van der Waals surface area contributed by atoms with Crippen LogP contribution in [0.5, 0.6) is 0 Å². The second kappa shape index (κ2) is 6.95. The summed E-state index contributed by atoms with van der Waals surface area (Å²) in [5.74, 6) is 0.825. The zero-order chi connectivity index (χ0) is 15.4. The van der Waals surface area contributed by atoms with Crippen LogP contribution in [0.3, 0.4) is 0 Å². The Bertz CT molecular complexity index is 618. The number of hydrogen-bond acceptors (Lipinski definition) is 2. The number of hydrogen-bond donors (Lipinski definition) is 0. The van der Waals surface area contributed by atoms with Crippen molar-refractivity contribution in [2.75, 3.05) is 5.75 Å². The summed E-state index contributed by atoms with van der Waals surface area (Å²) in [5, 5.41) is 0. The van der Waals surface area contributed by atoms with Crippen molar-refractivity contribution in [2.45, 2.75) is 39.0 Å². The van der Waals surface area contributed by atoms with Gasteiger partial charge in [-0.05, 0) is 56.5 Å². The number of Topliss-reactive ketones (excluding diaryl/α,β-unsaturated/α-hetero) is 1. The van der Waals surface area contributed by atoms with E-state index in [-0.39, 0.29) is 5.78 Å². The fourth-order valence-corrected chi connectivity index (χ4v) is 3.29. The van der Waals surface area contributed by atoms with Gasteiger partial charge in [-0.25, -0.2) is 0 Å². The van der Waals surface area contributed by atoms with E-state index >= 15 is 0 Å². The van der Waals surface area contributed by atoms with Gasteiger partial charge in [0, 0.05) is 11.3 Å². The van der Waals surface area contributed by atoms with E-state index in [0.29, 0.717) is 12.2 Å². The normalized spacial score (nSPS) is 10.7. The van der Waals surface area contributed by atoms with E-state index in [4.69, 9.17) is 0 Å². The quantitative estimate of drug-likeness (QED) is 0.736. The van der Waals surface area contributed by atoms with Crippen LogP contribution in [0.4, 0.5) is 0 Å². The minimum atomic E-state index is 0.288. The first-order valence-electron chi connectivity index (χ1n) is 7.23. The van der Waals surface area contributed by atoms with Gasteiger partial charge in [0.1, 0.15) is 5.78 Å². The van der Waals surface area contributed by atoms with Gasteiger partial charge in [-0.15, -0.1) is 11.8 Å². The van der Waals surface area contributed by atoms with E-state index in [0.717, 1.165) is 4.90 Å². The maximum atomic E-state index is 12.2. The number of rotatable bonds is 5. The Morgan fingerprint density at radius 3 is 2.05 bits per heavy atom. The third kappa shape index (κ3) is 4.47. The first-order chi connectivity index (χ1) is 9.95. The van der Waals surface area contributed by atoms with Crippen molar-refractivity contribution in [3.63, 3.8) is 0 Å². The second-order valence-corrected chi connectivity index (χ2v) is 6.74. The molecule has 0 saturated heterocycles. The van der Waals surface area contributed by atoms with Gasteiger partial charge in [-0.2, -0.15) is 0 Å². The lowest BCUT2D eigenvalue weighted by Crippen LogP contribution is -2.08. The maximum absolute atomic E-state index is 12.2. The Morgan fingerprint density at radius 1 is 0.905 bits per heavy atom. The lowest BCUT2D eigenvalue weighted by Gasteiger charge is -2.10. The molecular weight excluding hydrogens is 276 g/mol. The van der Waals surface area contributed by atoms with E-state index in [2.05, 4.69) is 64.1 Å². The number of ketones is 1. The molecule has 0 spiro atoms. The van der Waals surface area contributed by atoms with Crippen molar-refractivity contribution in [1.82, 2.24) is 0 Å². The number of aryl methyl sites for hydroxylation is 4. The lowest BCUT2D eigenvalue weighted by atomic mass is 9.96. The first-order valence-corrected chi connectivity index (χ1v) is 8.22. The first kappa shape index (κ1) is 15.8. The van der Waals surface area contributed by atoms with E-state index in [1.165, 1.54) is 27.8 Å². The minimum absolute atomic E-state index is 0.288. The van der Waals surface area contributed by atoms with Gasteiger partial charge < -0.3 is 0 Å². The summed E-state index contributed by atoms with van der Waals surface area (Å²) < 4.78 is 0. The zero-order valence-electron chi connectivity index (χ0n) is 13.2. The molecule has 0 bridgehead atoms. The average Bonchev–Trinajstić information content (AvgIpc) is 2.42. The number of carbonyl (C=O) groups is 1. The molecule has 0 saturated carbocycles. The van der Waals surface area contributed by atoms with Crippen molar-refractivity contribution in [2.24, 2.45) is 0 Å². The van der Waals surface area contributed by atoms with Gasteiger partial charge in [0.25, 0.3) is 0 Å². The summed E-state index contributed by atoms with van der Waals surface area (Å²) in [6, 6.07) is 12.6. The minimum Gasteiger partial charge on any atom is -0.298 e. The van der Waals surface area contributed by atoms with E-state index in [9.17, 15) is 4.79 Å². The molecule has 0 aliphatic carbocycles. The molecule has 0 amide bonds. The number of benzene rings is 2. The van der Waals surface area contributed by atoms with Crippen LogP contribution < -0.4 is 0 Å². The van der Waals surface area contributed by atoms with Gasteiger partial charge in [0.15, 0.2) is 0 Å². The second-order valence-electron chi connectivity index (χ2n) is 5.69. The van der Waals surface area contributed by atoms with Crippen LogP contribution in [0.1, 0.15) is 27.8 Å². The SMILES string of the molecule is Cc1ccc(SCC(=O)Cc2c(C)cc(C)cc2C)cc1. The number of carbonyl (C=O) groups excluding carboxylic acids is 1. The molecule has 0 aliphatic rings. The van der Waals surface area contributed by atoms with Crippen LogP contribution >= 0.6 is 11.8 Å². The summed E-state index contributed by atoms with van der Waals surface area (Å²) in [5.41, 5.74) is 6.14. The molecule has 2 aromatic carbocycles. The average molecular weight is 298 g/mol. The molecule has 0 atom stereocenters. The van der Waals surface area contributed by atoms with Gasteiger partial charge >= 0.3 is 0 Å². The lowest BCUT2D eigenvalue weighted by molar-refractivity contribution is -0.116. The highest BCUT2D eigenvalue weighted by molar-refractivity contribution is 8.00. The molecule has 2 aromatic rings. The molecule has 0 aliphatic heterocycles. The Morgan fingerprint density at radius 2 is 1.48 bits per heavy atom. The molecule has 1 nitrogen and oxygen atoms in total. The third-order valence-electron chi connectivity index (χ3n) is 3.64. The van der Waals surface area contributed by atoms with Crippen molar-refractivity contribution in [3.05, 3.63) is 64.2 Å². The van der Waals surface area contributed by atoms with Crippen molar-refractivity contribution < 1.29 is 4.79 Å². The molecular formula is C19H22OS. The zero-order valence-corrected chi connectivity index (χ0v) is 14.0. The van der Waals surface area contributed by atoms with E-state index < -0.39 is 0 Å². The van der Waals surface area contributed by atoms with Crippen LogP contribution in [0, 0.1) is 27.7 Å². The Kier molecular flexibility index (Phi) is 5.24. The number of thioether (sulfide) groups is 1. The van der Waals surface area contributed by atoms with Crippen LogP contribution in [-0.2, 0) is 11.2 Å². The van der Waals surface area contributed by atoms with Gasteiger partial charge in [-0.1, -0.05) is 35.4 Å². The van der Waals surface area contributed by atoms with Gasteiger partial charge in [0.2, 0.25) is 0 Å². The maximum Gasteiger partial charge on any atom is 0.147 e. The summed E-state index contributed by atoms with van der Waals surface area (Å²) >= 11 is 1.62. The van der Waals surface area contributed by atoms with Crippen molar-refractivity contribution >= 4 is 17.5 Å². The Hall–Kier alpha value is -1.54. The highest BCUT2D eigenvalue weighted by Gasteiger charge is 2.10. The monoisotopic (exact) mass is 298 g/mol. The van der Waals surface area contributed by atoms with Crippen molar-refractivity contribution in [1.29, 1.82) is 0 Å². The smallest absolute Gasteiger partial charge is 0.147 e. The van der Waals surface area contributed by atoms with Crippen molar-refractivity contribution in [3.8, 4) is 0 Å². The summed E-state index contributed by atoms with van der Waals surface area (Å²) in [4.78, 5) is 13.4. The Labute approximate surface area is 131 Å². The van der Waals surface area contributed by atoms with Crippen LogP contribution in [0.2, 0.25) is 0 Å². The molecule has 0 N–H and O–H groups in total. The highest BCUT2D eigenvalue weighted by atomic mass is 32.2. The van der Waals surface area contributed by atoms with Crippen LogP contribution in [-0.4, -0.2) is 11.5 Å². The third-order valence-corrected chi connectivity index (χ3v) is 4.71. The largest absolute Gasteiger partial charge is 0.298 e. The van der Waals surface area contributed by atoms with E-state index in [1.807, 2.05) is 0 Å². The predicted octanol–water partition coefficient (Wildman–Crippen LogP) is 4.82. The van der Waals surface area contributed by atoms with Crippen LogP contribution in [0.25, 0.3) is 0 Å². The van der Waals surface area contributed by atoms with Gasteiger partial charge in [-0.3, -0.25) is 4.79 Å². The predicted molar refractivity (Wildman–Crippen MR) is 91.3 cm³/mol. The molecule has 0 radical (unpaired) electrons. The topological polar surface area (TPSA) is 17.1 Å². The highest BCUT2D eigenvalue weighted by Crippen LogP contribution is 2.21. The summed E-state index contributed by atoms with van der Waals surface area (Å²) in [7, 11) is 0. The fourth-order valence-electron chi connectivity index (χ4n) is 2.54.